The molecule has 5 rings (SSSR count). The third kappa shape index (κ3) is 4.91. The number of nitrogens with zero attached hydrogens (tertiary/aromatic N) is 1. The number of aromatic nitrogens is 1. The van der Waals surface area contributed by atoms with E-state index in [1.165, 1.54) is 0 Å². The number of amides is 1. The van der Waals surface area contributed by atoms with Gasteiger partial charge in [0.15, 0.2) is 11.7 Å². The summed E-state index contributed by atoms with van der Waals surface area (Å²) in [6.07, 6.45) is 2.13. The summed E-state index contributed by atoms with van der Waals surface area (Å²) in [4.78, 5) is 17.4. The van der Waals surface area contributed by atoms with E-state index in [1.54, 1.807) is 18.3 Å². The fraction of sp³-hybridized carbons (Fsp3) is 0.103. The maximum absolute atomic E-state index is 13.1. The standard InChI is InChI=1S/C29H23ClN2O3/c30-23-13-7-6-12-22(23)25-18-31-27(35-25)17-16-26(34)32-29(20-9-2-1-3-10-20)28-21-11-5-4-8-19(21)14-15-24(28)33/h1-15,18,29,33H,16-17H2,(H,32,34). The number of rotatable bonds is 7. The molecule has 0 fully saturated rings. The number of aryl methyl sites for hydroxylation is 1. The molecular weight excluding hydrogens is 460 g/mol. The molecule has 1 amide bonds. The lowest BCUT2D eigenvalue weighted by atomic mass is 9.92. The Labute approximate surface area is 208 Å². The fourth-order valence-electron chi connectivity index (χ4n) is 4.22. The molecule has 0 aliphatic heterocycles. The van der Waals surface area contributed by atoms with E-state index in [4.69, 9.17) is 16.0 Å². The average Bonchev–Trinajstić information content (AvgIpc) is 3.36. The number of halogens is 1. The van der Waals surface area contributed by atoms with E-state index in [2.05, 4.69) is 10.3 Å². The van der Waals surface area contributed by atoms with Crippen LogP contribution in [-0.2, 0) is 11.2 Å². The van der Waals surface area contributed by atoms with E-state index in [-0.39, 0.29) is 18.1 Å². The van der Waals surface area contributed by atoms with Gasteiger partial charge in [-0.2, -0.15) is 0 Å². The van der Waals surface area contributed by atoms with Crippen LogP contribution in [0.25, 0.3) is 22.1 Å². The van der Waals surface area contributed by atoms with Crippen LogP contribution in [0.3, 0.4) is 0 Å². The topological polar surface area (TPSA) is 75.4 Å². The third-order valence-corrected chi connectivity index (χ3v) is 6.26. The first kappa shape index (κ1) is 22.7. The van der Waals surface area contributed by atoms with Crippen LogP contribution in [0, 0.1) is 0 Å². The molecule has 1 heterocycles. The molecule has 5 aromatic rings. The lowest BCUT2D eigenvalue weighted by Crippen LogP contribution is -2.29. The van der Waals surface area contributed by atoms with Crippen molar-refractivity contribution in [2.24, 2.45) is 0 Å². The SMILES string of the molecule is O=C(CCc1ncc(-c2ccccc2Cl)o1)NC(c1ccccc1)c1c(O)ccc2ccccc12. The first-order chi connectivity index (χ1) is 17.1. The second-order valence-corrected chi connectivity index (χ2v) is 8.64. The molecule has 1 atom stereocenters. The van der Waals surface area contributed by atoms with E-state index in [0.29, 0.717) is 28.7 Å². The molecule has 174 valence electrons. The molecule has 35 heavy (non-hydrogen) atoms. The van der Waals surface area contributed by atoms with Gasteiger partial charge in [-0.15, -0.1) is 0 Å². The molecule has 0 aliphatic carbocycles. The fourth-order valence-corrected chi connectivity index (χ4v) is 4.45. The zero-order valence-electron chi connectivity index (χ0n) is 18.8. The monoisotopic (exact) mass is 482 g/mol. The van der Waals surface area contributed by atoms with Crippen molar-refractivity contribution in [1.29, 1.82) is 0 Å². The number of nitrogens with one attached hydrogen (secondary N) is 1. The van der Waals surface area contributed by atoms with Crippen LogP contribution in [0.1, 0.15) is 29.5 Å². The second kappa shape index (κ2) is 10.0. The summed E-state index contributed by atoms with van der Waals surface area (Å²) in [6.45, 7) is 0. The van der Waals surface area contributed by atoms with E-state index in [1.807, 2.05) is 78.9 Å². The summed E-state index contributed by atoms with van der Waals surface area (Å²) in [5, 5.41) is 16.4. The van der Waals surface area contributed by atoms with Gasteiger partial charge in [-0.3, -0.25) is 4.79 Å². The smallest absolute Gasteiger partial charge is 0.221 e. The van der Waals surface area contributed by atoms with Crippen LogP contribution in [0.2, 0.25) is 5.02 Å². The molecule has 0 aliphatic rings. The van der Waals surface area contributed by atoms with Crippen LogP contribution < -0.4 is 5.32 Å². The van der Waals surface area contributed by atoms with Crippen molar-refractivity contribution in [2.75, 3.05) is 0 Å². The number of phenolic OH excluding ortho intramolecular Hbond substituents is 1. The Morgan fingerprint density at radius 2 is 1.69 bits per heavy atom. The maximum Gasteiger partial charge on any atom is 0.221 e. The summed E-state index contributed by atoms with van der Waals surface area (Å²) in [7, 11) is 0. The number of carbonyl (C=O) groups excluding carboxylic acids is 1. The Balaban J connectivity index is 1.38. The van der Waals surface area contributed by atoms with Crippen molar-refractivity contribution in [3.63, 3.8) is 0 Å². The Kier molecular flexibility index (Phi) is 6.51. The molecule has 0 spiro atoms. The first-order valence-corrected chi connectivity index (χ1v) is 11.7. The van der Waals surface area contributed by atoms with Crippen LogP contribution in [0.5, 0.6) is 5.75 Å². The van der Waals surface area contributed by atoms with Gasteiger partial charge < -0.3 is 14.8 Å². The number of phenols is 1. The van der Waals surface area contributed by atoms with Gasteiger partial charge in [-0.25, -0.2) is 4.98 Å². The number of oxazole rings is 1. The zero-order valence-corrected chi connectivity index (χ0v) is 19.6. The van der Waals surface area contributed by atoms with E-state index >= 15 is 0 Å². The highest BCUT2D eigenvalue weighted by molar-refractivity contribution is 6.33. The second-order valence-electron chi connectivity index (χ2n) is 8.23. The lowest BCUT2D eigenvalue weighted by Gasteiger charge is -2.22. The molecule has 1 unspecified atom stereocenters. The van der Waals surface area contributed by atoms with Crippen molar-refractivity contribution < 1.29 is 14.3 Å². The van der Waals surface area contributed by atoms with E-state index in [9.17, 15) is 9.90 Å². The first-order valence-electron chi connectivity index (χ1n) is 11.3. The highest BCUT2D eigenvalue weighted by Crippen LogP contribution is 2.36. The summed E-state index contributed by atoms with van der Waals surface area (Å²) in [6, 6.07) is 27.9. The number of benzene rings is 4. The van der Waals surface area contributed by atoms with E-state index < -0.39 is 6.04 Å². The van der Waals surface area contributed by atoms with Crippen molar-refractivity contribution in [1.82, 2.24) is 10.3 Å². The van der Waals surface area contributed by atoms with Gasteiger partial charge in [0.05, 0.1) is 17.3 Å². The quantitative estimate of drug-likeness (QED) is 0.271. The summed E-state index contributed by atoms with van der Waals surface area (Å²) in [5.74, 6) is 0.979. The average molecular weight is 483 g/mol. The van der Waals surface area contributed by atoms with Crippen LogP contribution in [0.15, 0.2) is 102 Å². The summed E-state index contributed by atoms with van der Waals surface area (Å²) < 4.78 is 5.84. The van der Waals surface area contributed by atoms with Crippen LogP contribution >= 0.6 is 11.6 Å². The Bertz CT molecular complexity index is 1480. The minimum atomic E-state index is -0.516. The number of hydrogen-bond donors (Lipinski definition) is 2. The summed E-state index contributed by atoms with van der Waals surface area (Å²) in [5.41, 5.74) is 2.30. The van der Waals surface area contributed by atoms with Gasteiger partial charge in [0.25, 0.3) is 0 Å². The Hall–Kier alpha value is -4.09. The normalized spacial score (nSPS) is 11.9. The van der Waals surface area contributed by atoms with Gasteiger partial charge >= 0.3 is 0 Å². The van der Waals surface area contributed by atoms with Crippen LogP contribution in [-0.4, -0.2) is 16.0 Å². The molecular formula is C29H23ClN2O3. The molecule has 5 nitrogen and oxygen atoms in total. The van der Waals surface area contributed by atoms with Crippen LogP contribution in [0.4, 0.5) is 0 Å². The number of aromatic hydroxyl groups is 1. The summed E-state index contributed by atoms with van der Waals surface area (Å²) >= 11 is 6.25. The van der Waals surface area contributed by atoms with Gasteiger partial charge in [-0.1, -0.05) is 84.4 Å². The van der Waals surface area contributed by atoms with Gasteiger partial charge in [0, 0.05) is 24.0 Å². The molecule has 0 radical (unpaired) electrons. The molecule has 0 bridgehead atoms. The lowest BCUT2D eigenvalue weighted by molar-refractivity contribution is -0.121. The minimum absolute atomic E-state index is 0.134. The predicted octanol–water partition coefficient (Wildman–Crippen LogP) is 6.69. The number of fused-ring (bicyclic) bond motifs is 1. The molecule has 6 heteroatoms. The van der Waals surface area contributed by atoms with Crippen molar-refractivity contribution in [2.45, 2.75) is 18.9 Å². The van der Waals surface area contributed by atoms with Gasteiger partial charge in [0.1, 0.15) is 5.75 Å². The van der Waals surface area contributed by atoms with Crippen molar-refractivity contribution in [3.05, 3.63) is 119 Å². The van der Waals surface area contributed by atoms with Crippen molar-refractivity contribution in [3.8, 4) is 17.1 Å². The van der Waals surface area contributed by atoms with E-state index in [0.717, 1.165) is 21.9 Å². The highest BCUT2D eigenvalue weighted by atomic mass is 35.5. The number of carbonyl (C=O) groups is 1. The Morgan fingerprint density at radius 1 is 0.943 bits per heavy atom. The molecule has 2 N–H and O–H groups in total. The zero-order chi connectivity index (χ0) is 24.2. The number of hydrogen-bond acceptors (Lipinski definition) is 4. The molecule has 0 saturated heterocycles. The van der Waals surface area contributed by atoms with Gasteiger partial charge in [0.2, 0.25) is 5.91 Å². The molecule has 4 aromatic carbocycles. The Morgan fingerprint density at radius 3 is 2.51 bits per heavy atom. The van der Waals surface area contributed by atoms with Crippen molar-refractivity contribution >= 4 is 28.3 Å². The van der Waals surface area contributed by atoms with Gasteiger partial charge in [-0.05, 0) is 34.5 Å². The predicted molar refractivity (Wildman–Crippen MR) is 137 cm³/mol. The highest BCUT2D eigenvalue weighted by Gasteiger charge is 2.22. The largest absolute Gasteiger partial charge is 0.508 e. The maximum atomic E-state index is 13.1. The molecule has 1 aromatic heterocycles. The molecule has 0 saturated carbocycles. The third-order valence-electron chi connectivity index (χ3n) is 5.93. The minimum Gasteiger partial charge on any atom is -0.508 e.